The molecule has 9 rings (SSSR count). The van der Waals surface area contributed by atoms with Crippen LogP contribution in [0.3, 0.4) is 0 Å². The van der Waals surface area contributed by atoms with E-state index in [-0.39, 0.29) is 33.6 Å². The number of alkyl halides is 6. The van der Waals surface area contributed by atoms with E-state index in [1.54, 1.807) is 54.6 Å². The number of benzene rings is 5. The highest BCUT2D eigenvalue weighted by Gasteiger charge is 2.62. The molecule has 0 aromatic heterocycles. The first kappa shape index (κ1) is 30.7. The molecular weight excluding hydrogens is 644 g/mol. The largest absolute Gasteiger partial charge is 0.417 e. The normalized spacial score (nSPS) is 21.1. The Balaban J connectivity index is 1.34. The van der Waals surface area contributed by atoms with Crippen LogP contribution in [-0.2, 0) is 21.9 Å². The molecule has 1 aliphatic heterocycles. The third-order valence-electron chi connectivity index (χ3n) is 9.96. The number of carbonyl (C=O) groups excluding carboxylic acids is 2. The SMILES string of the molecule is Nc1ccc(-c2ccc3c(c2)C2c4ccc(-c5ccc(N)cc5C(F)(F)F)cc4C3C3C(=O)N(c4ccccc4)C(=O)C23)c(C(F)(F)F)c1. The Kier molecular flexibility index (Phi) is 6.56. The molecule has 5 aromatic carbocycles. The van der Waals surface area contributed by atoms with Crippen LogP contribution in [0.15, 0.2) is 103 Å². The molecule has 1 heterocycles. The molecule has 0 spiro atoms. The molecule has 3 aliphatic carbocycles. The van der Waals surface area contributed by atoms with Crippen LogP contribution in [0, 0.1) is 11.8 Å². The Bertz CT molecular complexity index is 2080. The van der Waals surface area contributed by atoms with E-state index in [0.717, 1.165) is 17.0 Å². The molecule has 4 atom stereocenters. The molecular formula is C38H25F6N3O2. The van der Waals surface area contributed by atoms with Crippen molar-refractivity contribution in [3.8, 4) is 22.3 Å². The average Bonchev–Trinajstić information content (AvgIpc) is 3.33. The monoisotopic (exact) mass is 669 g/mol. The van der Waals surface area contributed by atoms with Crippen molar-refractivity contribution in [3.63, 3.8) is 0 Å². The third-order valence-corrected chi connectivity index (χ3v) is 9.96. The van der Waals surface area contributed by atoms with E-state index in [1.165, 1.54) is 36.4 Å². The van der Waals surface area contributed by atoms with E-state index < -0.39 is 59.0 Å². The molecule has 4 unspecified atom stereocenters. The van der Waals surface area contributed by atoms with Crippen molar-refractivity contribution >= 4 is 28.9 Å². The minimum atomic E-state index is -4.70. The van der Waals surface area contributed by atoms with Gasteiger partial charge >= 0.3 is 12.4 Å². The van der Waals surface area contributed by atoms with Gasteiger partial charge < -0.3 is 11.5 Å². The van der Waals surface area contributed by atoms with Crippen molar-refractivity contribution in [1.29, 1.82) is 0 Å². The Hall–Kier alpha value is -5.58. The zero-order valence-corrected chi connectivity index (χ0v) is 25.3. The van der Waals surface area contributed by atoms with Gasteiger partial charge in [0.15, 0.2) is 0 Å². The number of imide groups is 1. The number of nitrogen functional groups attached to an aromatic ring is 2. The van der Waals surface area contributed by atoms with Gasteiger partial charge in [0.05, 0.1) is 28.7 Å². The van der Waals surface area contributed by atoms with Crippen molar-refractivity contribution in [2.75, 3.05) is 16.4 Å². The number of para-hydroxylation sites is 1. The summed E-state index contributed by atoms with van der Waals surface area (Å²) >= 11 is 0. The Labute approximate surface area is 275 Å². The molecule has 2 bridgehead atoms. The molecule has 1 fully saturated rings. The molecule has 49 heavy (non-hydrogen) atoms. The first-order valence-electron chi connectivity index (χ1n) is 15.4. The number of nitrogens with two attached hydrogens (primary N) is 2. The number of hydrogen-bond donors (Lipinski definition) is 2. The molecule has 11 heteroatoms. The summed E-state index contributed by atoms with van der Waals surface area (Å²) in [6.45, 7) is 0. The van der Waals surface area contributed by atoms with Gasteiger partial charge in [-0.1, -0.05) is 66.7 Å². The van der Waals surface area contributed by atoms with Gasteiger partial charge in [-0.05, 0) is 80.9 Å². The van der Waals surface area contributed by atoms with Crippen molar-refractivity contribution in [3.05, 3.63) is 137 Å². The fourth-order valence-corrected chi connectivity index (χ4v) is 8.04. The van der Waals surface area contributed by atoms with Crippen LogP contribution in [0.4, 0.5) is 43.4 Å². The van der Waals surface area contributed by atoms with E-state index in [1.807, 2.05) is 0 Å². The van der Waals surface area contributed by atoms with Crippen molar-refractivity contribution in [2.24, 2.45) is 11.8 Å². The summed E-state index contributed by atoms with van der Waals surface area (Å²) in [7, 11) is 0. The lowest BCUT2D eigenvalue weighted by molar-refractivity contribution is -0.137. The molecule has 246 valence electrons. The van der Waals surface area contributed by atoms with Gasteiger partial charge in [-0.15, -0.1) is 0 Å². The first-order valence-corrected chi connectivity index (χ1v) is 15.4. The molecule has 4 N–H and O–H groups in total. The van der Waals surface area contributed by atoms with Crippen LogP contribution in [0.1, 0.15) is 45.2 Å². The predicted octanol–water partition coefficient (Wildman–Crippen LogP) is 8.62. The average molecular weight is 670 g/mol. The van der Waals surface area contributed by atoms with Crippen molar-refractivity contribution in [1.82, 2.24) is 0 Å². The number of hydrogen-bond acceptors (Lipinski definition) is 4. The van der Waals surface area contributed by atoms with Crippen molar-refractivity contribution < 1.29 is 35.9 Å². The summed E-state index contributed by atoms with van der Waals surface area (Å²) in [4.78, 5) is 29.6. The number of carbonyl (C=O) groups is 2. The standard InChI is InChI=1S/C38H25F6N3O2/c39-37(40,41)29-16-20(45)8-12-23(29)18-6-10-25-27(14-18)32-26-11-7-19(24-13-9-21(46)17-30(24)38(42,43)44)15-28(26)31(25)33-34(32)36(49)47(35(33)48)22-4-2-1-3-5-22/h1-17,31-34H,45-46H2. The molecule has 5 nitrogen and oxygen atoms in total. The zero-order chi connectivity index (χ0) is 34.6. The van der Waals surface area contributed by atoms with Crippen LogP contribution in [0.25, 0.3) is 22.3 Å². The molecule has 0 radical (unpaired) electrons. The highest BCUT2D eigenvalue weighted by atomic mass is 19.4. The van der Waals surface area contributed by atoms with Gasteiger partial charge in [-0.25, -0.2) is 4.90 Å². The van der Waals surface area contributed by atoms with Crippen LogP contribution in [0.2, 0.25) is 0 Å². The number of anilines is 3. The number of halogens is 6. The summed E-state index contributed by atoms with van der Waals surface area (Å²) in [6, 6.07) is 25.2. The van der Waals surface area contributed by atoms with Gasteiger partial charge in [0.1, 0.15) is 0 Å². The number of amides is 2. The predicted molar refractivity (Wildman–Crippen MR) is 172 cm³/mol. The lowest BCUT2D eigenvalue weighted by Crippen LogP contribution is -2.41. The second-order valence-electron chi connectivity index (χ2n) is 12.6. The molecule has 1 saturated heterocycles. The van der Waals surface area contributed by atoms with Crippen LogP contribution in [0.5, 0.6) is 0 Å². The quantitative estimate of drug-likeness (QED) is 0.114. The Morgan fingerprint density at radius 1 is 0.510 bits per heavy atom. The Morgan fingerprint density at radius 3 is 1.35 bits per heavy atom. The van der Waals surface area contributed by atoms with E-state index >= 15 is 0 Å². The lowest BCUT2D eigenvalue weighted by Gasteiger charge is -2.46. The van der Waals surface area contributed by atoms with Gasteiger partial charge in [0.2, 0.25) is 11.8 Å². The molecule has 0 saturated carbocycles. The van der Waals surface area contributed by atoms with Gasteiger partial charge in [0, 0.05) is 23.2 Å². The summed E-state index contributed by atoms with van der Waals surface area (Å²) in [5.74, 6) is -4.15. The van der Waals surface area contributed by atoms with E-state index in [9.17, 15) is 35.9 Å². The fourth-order valence-electron chi connectivity index (χ4n) is 8.04. The van der Waals surface area contributed by atoms with Gasteiger partial charge in [-0.2, -0.15) is 26.3 Å². The van der Waals surface area contributed by atoms with Crippen molar-refractivity contribution in [2.45, 2.75) is 24.2 Å². The smallest absolute Gasteiger partial charge is 0.399 e. The van der Waals surface area contributed by atoms with Crippen LogP contribution >= 0.6 is 0 Å². The summed E-state index contributed by atoms with van der Waals surface area (Å²) in [5.41, 5.74) is 12.6. The maximum Gasteiger partial charge on any atom is 0.417 e. The topological polar surface area (TPSA) is 89.4 Å². The molecule has 4 aliphatic rings. The maximum absolute atomic E-state index is 14.2. The van der Waals surface area contributed by atoms with E-state index in [4.69, 9.17) is 11.5 Å². The van der Waals surface area contributed by atoms with Gasteiger partial charge in [0.25, 0.3) is 0 Å². The number of nitrogens with zero attached hydrogens (tertiary/aromatic N) is 1. The highest BCUT2D eigenvalue weighted by molar-refractivity contribution is 6.23. The fraction of sp³-hybridized carbons (Fsp3) is 0.158. The second kappa shape index (κ2) is 10.5. The zero-order valence-electron chi connectivity index (χ0n) is 25.3. The first-order chi connectivity index (χ1) is 23.2. The highest BCUT2D eigenvalue weighted by Crippen LogP contribution is 2.62. The van der Waals surface area contributed by atoms with Crippen LogP contribution < -0.4 is 16.4 Å². The Morgan fingerprint density at radius 2 is 0.939 bits per heavy atom. The minimum Gasteiger partial charge on any atom is -0.399 e. The lowest BCUT2D eigenvalue weighted by atomic mass is 9.54. The van der Waals surface area contributed by atoms with E-state index in [0.29, 0.717) is 27.9 Å². The third kappa shape index (κ3) is 4.62. The summed E-state index contributed by atoms with van der Waals surface area (Å²) in [5, 5.41) is 0. The summed E-state index contributed by atoms with van der Waals surface area (Å²) < 4.78 is 84.9. The van der Waals surface area contributed by atoms with Gasteiger partial charge in [-0.3, -0.25) is 9.59 Å². The maximum atomic E-state index is 14.2. The molecule has 2 amide bonds. The minimum absolute atomic E-state index is 0.0495. The second-order valence-corrected chi connectivity index (χ2v) is 12.6. The summed E-state index contributed by atoms with van der Waals surface area (Å²) in [6.07, 6.45) is -9.40. The van der Waals surface area contributed by atoms with E-state index in [2.05, 4.69) is 0 Å². The molecule has 5 aromatic rings. The van der Waals surface area contributed by atoms with Crippen LogP contribution in [-0.4, -0.2) is 11.8 Å². The number of rotatable bonds is 3.